The number of hydrogen-bond acceptors (Lipinski definition) is 7. The van der Waals surface area contributed by atoms with E-state index in [1.807, 2.05) is 35.2 Å². The number of likely N-dealkylation sites (N-methyl/N-ethyl adjacent to an activating group) is 1. The molecule has 3 aromatic carbocycles. The number of rotatable bonds is 15. The van der Waals surface area contributed by atoms with Gasteiger partial charge in [-0.3, -0.25) is 14.4 Å². The summed E-state index contributed by atoms with van der Waals surface area (Å²) in [6.07, 6.45) is 3.63. The van der Waals surface area contributed by atoms with Gasteiger partial charge < -0.3 is 35.2 Å². The number of para-hydroxylation sites is 3. The summed E-state index contributed by atoms with van der Waals surface area (Å²) >= 11 is 0. The molecule has 3 N–H and O–H groups in total. The van der Waals surface area contributed by atoms with Crippen molar-refractivity contribution in [2.45, 2.75) is 32.1 Å². The second-order valence-corrected chi connectivity index (χ2v) is 11.2. The molecule has 10 heteroatoms. The summed E-state index contributed by atoms with van der Waals surface area (Å²) in [7, 11) is 3.77. The second kappa shape index (κ2) is 17.2. The van der Waals surface area contributed by atoms with Crippen LogP contribution in [0.2, 0.25) is 0 Å². The first-order chi connectivity index (χ1) is 21.9. The fourth-order valence-electron chi connectivity index (χ4n) is 5.10. The van der Waals surface area contributed by atoms with Crippen molar-refractivity contribution in [3.63, 3.8) is 0 Å². The van der Waals surface area contributed by atoms with Crippen LogP contribution in [0.3, 0.4) is 0 Å². The number of amides is 3. The van der Waals surface area contributed by atoms with Crippen LogP contribution in [0.5, 0.6) is 11.5 Å². The number of carbonyl (C=O) groups excluding carboxylic acids is 3. The van der Waals surface area contributed by atoms with E-state index < -0.39 is 0 Å². The van der Waals surface area contributed by atoms with Gasteiger partial charge in [-0.1, -0.05) is 36.4 Å². The minimum absolute atomic E-state index is 0.226. The Bertz CT molecular complexity index is 1410. The highest BCUT2D eigenvalue weighted by molar-refractivity contribution is 6.11. The van der Waals surface area contributed by atoms with Crippen molar-refractivity contribution in [2.24, 2.45) is 5.73 Å². The average molecular weight is 616 g/mol. The van der Waals surface area contributed by atoms with Gasteiger partial charge in [0.2, 0.25) is 5.91 Å². The first kappa shape index (κ1) is 33.5. The molecule has 0 aliphatic carbocycles. The first-order valence-electron chi connectivity index (χ1n) is 15.7. The lowest BCUT2D eigenvalue weighted by atomic mass is 10.1. The van der Waals surface area contributed by atoms with Gasteiger partial charge in [0.05, 0.1) is 30.2 Å². The standard InChI is InChI=1S/C35H45N5O5/c1-38-21-23-40(24-22-38)32(41)19-7-4-10-25-44-31-18-9-8-17-30(31)39(2)35(43)28-15-11-16-29(33(28)45-26-12-20-36)37-34(42)27-13-5-3-6-14-27/h3,5-6,8-9,11,13-18H,4,7,10,12,19-26,36H2,1-2H3,(H,37,42). The fraction of sp³-hybridized carbons (Fsp3) is 0.400. The Balaban J connectivity index is 1.38. The fourth-order valence-corrected chi connectivity index (χ4v) is 5.10. The highest BCUT2D eigenvalue weighted by Gasteiger charge is 2.24. The van der Waals surface area contributed by atoms with Gasteiger partial charge in [0.1, 0.15) is 5.75 Å². The number of carbonyl (C=O) groups is 3. The van der Waals surface area contributed by atoms with E-state index in [9.17, 15) is 14.4 Å². The summed E-state index contributed by atoms with van der Waals surface area (Å²) in [6, 6.07) is 21.4. The summed E-state index contributed by atoms with van der Waals surface area (Å²) in [5.41, 5.74) is 7.49. The Kier molecular flexibility index (Phi) is 12.8. The molecule has 1 fully saturated rings. The van der Waals surface area contributed by atoms with E-state index in [4.69, 9.17) is 15.2 Å². The highest BCUT2D eigenvalue weighted by atomic mass is 16.5. The van der Waals surface area contributed by atoms with E-state index in [0.717, 1.165) is 45.4 Å². The number of benzene rings is 3. The third-order valence-corrected chi connectivity index (χ3v) is 7.80. The molecule has 4 rings (SSSR count). The van der Waals surface area contributed by atoms with Crippen LogP contribution in [0.1, 0.15) is 52.8 Å². The minimum atomic E-state index is -0.313. The van der Waals surface area contributed by atoms with Gasteiger partial charge in [-0.05, 0) is 75.7 Å². The predicted octanol–water partition coefficient (Wildman–Crippen LogP) is 4.66. The highest BCUT2D eigenvalue weighted by Crippen LogP contribution is 2.34. The van der Waals surface area contributed by atoms with E-state index in [-0.39, 0.29) is 23.5 Å². The number of ether oxygens (including phenoxy) is 2. The molecule has 1 aliphatic heterocycles. The third kappa shape index (κ3) is 9.54. The van der Waals surface area contributed by atoms with Crippen LogP contribution in [0.15, 0.2) is 72.8 Å². The summed E-state index contributed by atoms with van der Waals surface area (Å²) in [4.78, 5) is 45.1. The van der Waals surface area contributed by atoms with Crippen LogP contribution >= 0.6 is 0 Å². The monoisotopic (exact) mass is 615 g/mol. The number of piperazine rings is 1. The van der Waals surface area contributed by atoms with Gasteiger partial charge in [-0.15, -0.1) is 0 Å². The lowest BCUT2D eigenvalue weighted by molar-refractivity contribution is -0.132. The molecule has 240 valence electrons. The summed E-state index contributed by atoms with van der Waals surface area (Å²) in [6.45, 7) is 4.64. The molecule has 0 bridgehead atoms. The van der Waals surface area contributed by atoms with Crippen LogP contribution in [0, 0.1) is 0 Å². The van der Waals surface area contributed by atoms with Crippen LogP contribution < -0.4 is 25.4 Å². The predicted molar refractivity (Wildman–Crippen MR) is 177 cm³/mol. The Morgan fingerprint density at radius 1 is 0.822 bits per heavy atom. The van der Waals surface area contributed by atoms with Crippen molar-refractivity contribution < 1.29 is 23.9 Å². The van der Waals surface area contributed by atoms with E-state index in [0.29, 0.717) is 60.9 Å². The van der Waals surface area contributed by atoms with Crippen LogP contribution in [-0.4, -0.2) is 87.6 Å². The number of nitrogens with two attached hydrogens (primary N) is 1. The second-order valence-electron chi connectivity index (χ2n) is 11.2. The van der Waals surface area contributed by atoms with Crippen LogP contribution in [0.25, 0.3) is 0 Å². The minimum Gasteiger partial charge on any atom is -0.491 e. The van der Waals surface area contributed by atoms with Crippen molar-refractivity contribution in [1.82, 2.24) is 9.80 Å². The molecule has 1 heterocycles. The van der Waals surface area contributed by atoms with Crippen LogP contribution in [0.4, 0.5) is 11.4 Å². The van der Waals surface area contributed by atoms with Gasteiger partial charge >= 0.3 is 0 Å². The molecule has 0 unspecified atom stereocenters. The smallest absolute Gasteiger partial charge is 0.261 e. The molecular weight excluding hydrogens is 570 g/mol. The van der Waals surface area contributed by atoms with E-state index in [2.05, 4.69) is 17.3 Å². The number of unbranched alkanes of at least 4 members (excludes halogenated alkanes) is 2. The zero-order valence-corrected chi connectivity index (χ0v) is 26.4. The molecule has 0 radical (unpaired) electrons. The number of nitrogens with zero attached hydrogens (tertiary/aromatic N) is 3. The number of nitrogens with one attached hydrogen (secondary N) is 1. The first-order valence-corrected chi connectivity index (χ1v) is 15.7. The summed E-state index contributed by atoms with van der Waals surface area (Å²) < 4.78 is 12.2. The van der Waals surface area contributed by atoms with Gasteiger partial charge in [-0.2, -0.15) is 0 Å². The normalized spacial score (nSPS) is 13.3. The van der Waals surface area contributed by atoms with Gasteiger partial charge in [0.15, 0.2) is 5.75 Å². The molecule has 3 amide bonds. The van der Waals surface area contributed by atoms with Crippen molar-refractivity contribution in [3.8, 4) is 11.5 Å². The Hall–Kier alpha value is -4.41. The molecule has 3 aromatic rings. The van der Waals surface area contributed by atoms with E-state index in [1.165, 1.54) is 4.90 Å². The maximum Gasteiger partial charge on any atom is 0.261 e. The molecule has 0 aromatic heterocycles. The van der Waals surface area contributed by atoms with Crippen molar-refractivity contribution in [3.05, 3.63) is 83.9 Å². The maximum absolute atomic E-state index is 13.9. The Morgan fingerprint density at radius 3 is 2.29 bits per heavy atom. The molecule has 10 nitrogen and oxygen atoms in total. The molecule has 45 heavy (non-hydrogen) atoms. The average Bonchev–Trinajstić information content (AvgIpc) is 3.07. The molecule has 0 spiro atoms. The quantitative estimate of drug-likeness (QED) is 0.239. The Morgan fingerprint density at radius 2 is 1.53 bits per heavy atom. The largest absolute Gasteiger partial charge is 0.491 e. The van der Waals surface area contributed by atoms with Crippen LogP contribution in [-0.2, 0) is 4.79 Å². The SMILES string of the molecule is CN1CCN(C(=O)CCCCCOc2ccccc2N(C)C(=O)c2cccc(NC(=O)c3ccccc3)c2OCCCN)CC1. The lowest BCUT2D eigenvalue weighted by Crippen LogP contribution is -2.47. The summed E-state index contributed by atoms with van der Waals surface area (Å²) in [5.74, 6) is 0.480. The third-order valence-electron chi connectivity index (χ3n) is 7.80. The van der Waals surface area contributed by atoms with Crippen molar-refractivity contribution in [1.29, 1.82) is 0 Å². The van der Waals surface area contributed by atoms with Crippen molar-refractivity contribution in [2.75, 3.05) is 70.2 Å². The molecular formula is C35H45N5O5. The number of hydrogen-bond donors (Lipinski definition) is 2. The van der Waals surface area contributed by atoms with E-state index in [1.54, 1.807) is 49.5 Å². The van der Waals surface area contributed by atoms with Gasteiger partial charge in [0.25, 0.3) is 11.8 Å². The molecule has 0 saturated carbocycles. The van der Waals surface area contributed by atoms with E-state index >= 15 is 0 Å². The summed E-state index contributed by atoms with van der Waals surface area (Å²) in [5, 5.41) is 2.89. The molecule has 1 saturated heterocycles. The molecule has 1 aliphatic rings. The van der Waals surface area contributed by atoms with Gasteiger partial charge in [-0.25, -0.2) is 0 Å². The lowest BCUT2D eigenvalue weighted by Gasteiger charge is -2.32. The zero-order chi connectivity index (χ0) is 32.0. The molecule has 0 atom stereocenters. The zero-order valence-electron chi connectivity index (χ0n) is 26.4. The maximum atomic E-state index is 13.9. The van der Waals surface area contributed by atoms with Crippen molar-refractivity contribution >= 4 is 29.1 Å². The van der Waals surface area contributed by atoms with Gasteiger partial charge in [0, 0.05) is 45.2 Å². The number of anilines is 2. The Labute approximate surface area is 266 Å². The topological polar surface area (TPSA) is 117 Å².